The van der Waals surface area contributed by atoms with Crippen molar-refractivity contribution >= 4 is 21.6 Å². The first kappa shape index (κ1) is 15.2. The van der Waals surface area contributed by atoms with E-state index in [-0.39, 0.29) is 11.8 Å². The van der Waals surface area contributed by atoms with Crippen molar-refractivity contribution < 1.29 is 8.42 Å². The molecule has 0 amide bonds. The largest absolute Gasteiger partial charge is 0.308 e. The number of nitrogens with zero attached hydrogens (tertiary/aromatic N) is 1. The van der Waals surface area contributed by atoms with E-state index in [0.717, 1.165) is 6.42 Å². The Labute approximate surface area is 98.0 Å². The summed E-state index contributed by atoms with van der Waals surface area (Å²) in [4.78, 5) is 1.95. The number of hydrogen-bond acceptors (Lipinski definition) is 3. The van der Waals surface area contributed by atoms with Crippen molar-refractivity contribution in [1.82, 2.24) is 9.62 Å². The number of nitrogens with one attached hydrogen (secondary N) is 1. The van der Waals surface area contributed by atoms with Gasteiger partial charge in [-0.2, -0.15) is 0 Å². The molecule has 0 saturated carbocycles. The van der Waals surface area contributed by atoms with Crippen LogP contribution in [0.5, 0.6) is 0 Å². The standard InChI is InChI=1S/C9H21ClN2O2S/c1-9(8-12(2)3)11-15(13,14)7-5-4-6-10/h9,11H,4-8H2,1-3H3. The van der Waals surface area contributed by atoms with Crippen LogP contribution >= 0.6 is 11.6 Å². The van der Waals surface area contributed by atoms with Crippen LogP contribution in [0.1, 0.15) is 19.8 Å². The van der Waals surface area contributed by atoms with Gasteiger partial charge in [0.2, 0.25) is 10.0 Å². The normalized spacial score (nSPS) is 14.5. The van der Waals surface area contributed by atoms with Gasteiger partial charge >= 0.3 is 0 Å². The smallest absolute Gasteiger partial charge is 0.211 e. The van der Waals surface area contributed by atoms with Crippen LogP contribution in [-0.2, 0) is 10.0 Å². The van der Waals surface area contributed by atoms with Gasteiger partial charge in [0, 0.05) is 18.5 Å². The quantitative estimate of drug-likeness (QED) is 0.518. The fraction of sp³-hybridized carbons (Fsp3) is 1.00. The molecule has 0 radical (unpaired) electrons. The molecule has 0 aromatic carbocycles. The monoisotopic (exact) mass is 256 g/mol. The molecule has 0 fully saturated rings. The van der Waals surface area contributed by atoms with Crippen LogP contribution in [0, 0.1) is 0 Å². The number of alkyl halides is 1. The van der Waals surface area contributed by atoms with Crippen molar-refractivity contribution in [3.8, 4) is 0 Å². The highest BCUT2D eigenvalue weighted by atomic mass is 35.5. The third-order valence-corrected chi connectivity index (χ3v) is 3.67. The third kappa shape index (κ3) is 9.11. The SMILES string of the molecule is CC(CN(C)C)NS(=O)(=O)CCCCCl. The number of sulfonamides is 1. The fourth-order valence-corrected chi connectivity index (χ4v) is 2.92. The van der Waals surface area contributed by atoms with E-state index in [0.29, 0.717) is 18.8 Å². The average Bonchev–Trinajstić information content (AvgIpc) is 2.00. The molecule has 6 heteroatoms. The van der Waals surface area contributed by atoms with Gasteiger partial charge < -0.3 is 4.90 Å². The number of halogens is 1. The van der Waals surface area contributed by atoms with Gasteiger partial charge in [-0.1, -0.05) is 0 Å². The second kappa shape index (κ2) is 7.44. The summed E-state index contributed by atoms with van der Waals surface area (Å²) in [5.41, 5.74) is 0. The molecule has 15 heavy (non-hydrogen) atoms. The Kier molecular flexibility index (Phi) is 7.52. The molecule has 0 aliphatic rings. The second-order valence-electron chi connectivity index (χ2n) is 4.00. The van der Waals surface area contributed by atoms with E-state index in [1.165, 1.54) is 0 Å². The summed E-state index contributed by atoms with van der Waals surface area (Å²) in [5.74, 6) is 0.681. The van der Waals surface area contributed by atoms with E-state index in [9.17, 15) is 8.42 Å². The van der Waals surface area contributed by atoms with Crippen molar-refractivity contribution in [2.24, 2.45) is 0 Å². The molecule has 0 aromatic rings. The Hall–Kier alpha value is 0.160. The Morgan fingerprint density at radius 2 is 1.93 bits per heavy atom. The van der Waals surface area contributed by atoms with Crippen LogP contribution in [0.25, 0.3) is 0 Å². The van der Waals surface area contributed by atoms with Gasteiger partial charge in [0.15, 0.2) is 0 Å². The number of likely N-dealkylation sites (N-methyl/N-ethyl adjacent to an activating group) is 1. The Bertz CT molecular complexity index is 255. The zero-order valence-corrected chi connectivity index (χ0v) is 11.2. The molecule has 4 nitrogen and oxygen atoms in total. The number of hydrogen-bond donors (Lipinski definition) is 1. The molecular formula is C9H21ClN2O2S. The number of unbranched alkanes of at least 4 members (excludes halogenated alkanes) is 1. The Morgan fingerprint density at radius 3 is 2.40 bits per heavy atom. The van der Waals surface area contributed by atoms with Crippen LogP contribution in [0.4, 0.5) is 0 Å². The summed E-state index contributed by atoms with van der Waals surface area (Å²) in [6, 6.07) is -0.0546. The highest BCUT2D eigenvalue weighted by molar-refractivity contribution is 7.89. The molecule has 1 atom stereocenters. The maximum atomic E-state index is 11.5. The molecule has 0 heterocycles. The van der Waals surface area contributed by atoms with E-state index in [4.69, 9.17) is 11.6 Å². The van der Waals surface area contributed by atoms with Crippen molar-refractivity contribution in [1.29, 1.82) is 0 Å². The zero-order valence-electron chi connectivity index (χ0n) is 9.66. The molecule has 0 rings (SSSR count). The summed E-state index contributed by atoms with van der Waals surface area (Å²) in [6.07, 6.45) is 1.36. The molecule has 0 aliphatic heterocycles. The summed E-state index contributed by atoms with van der Waals surface area (Å²) in [7, 11) is 0.696. The second-order valence-corrected chi connectivity index (χ2v) is 6.25. The van der Waals surface area contributed by atoms with Gasteiger partial charge in [-0.3, -0.25) is 0 Å². The minimum absolute atomic E-state index is 0.0546. The number of rotatable bonds is 8. The van der Waals surface area contributed by atoms with E-state index in [1.807, 2.05) is 25.9 Å². The first-order valence-electron chi connectivity index (χ1n) is 5.08. The van der Waals surface area contributed by atoms with Crippen LogP contribution in [0.15, 0.2) is 0 Å². The maximum Gasteiger partial charge on any atom is 0.211 e. The molecule has 1 N–H and O–H groups in total. The molecular weight excluding hydrogens is 236 g/mol. The first-order chi connectivity index (χ1) is 6.87. The average molecular weight is 257 g/mol. The van der Waals surface area contributed by atoms with Crippen molar-refractivity contribution in [3.05, 3.63) is 0 Å². The predicted molar refractivity (Wildman–Crippen MR) is 64.9 cm³/mol. The van der Waals surface area contributed by atoms with E-state index < -0.39 is 10.0 Å². The van der Waals surface area contributed by atoms with Crippen molar-refractivity contribution in [3.63, 3.8) is 0 Å². The molecule has 0 spiro atoms. The minimum atomic E-state index is -3.13. The van der Waals surface area contributed by atoms with Crippen molar-refractivity contribution in [2.45, 2.75) is 25.8 Å². The molecule has 0 aromatic heterocycles. The van der Waals surface area contributed by atoms with Gasteiger partial charge in [-0.25, -0.2) is 13.1 Å². The lowest BCUT2D eigenvalue weighted by Gasteiger charge is -2.18. The van der Waals surface area contributed by atoms with Crippen molar-refractivity contribution in [2.75, 3.05) is 32.3 Å². The van der Waals surface area contributed by atoms with E-state index in [2.05, 4.69) is 4.72 Å². The van der Waals surface area contributed by atoms with Crippen LogP contribution in [0.2, 0.25) is 0 Å². The lowest BCUT2D eigenvalue weighted by Crippen LogP contribution is -2.40. The van der Waals surface area contributed by atoms with Gasteiger partial charge in [0.05, 0.1) is 5.75 Å². The lowest BCUT2D eigenvalue weighted by molar-refractivity contribution is 0.370. The third-order valence-electron chi connectivity index (χ3n) is 1.82. The molecule has 0 bridgehead atoms. The van der Waals surface area contributed by atoms with Gasteiger partial charge in [-0.15, -0.1) is 11.6 Å². The van der Waals surface area contributed by atoms with E-state index in [1.54, 1.807) is 0 Å². The predicted octanol–water partition coefficient (Wildman–Crippen LogP) is 0.875. The lowest BCUT2D eigenvalue weighted by atomic mass is 10.3. The highest BCUT2D eigenvalue weighted by Gasteiger charge is 2.14. The molecule has 0 aliphatic carbocycles. The van der Waals surface area contributed by atoms with Gasteiger partial charge in [-0.05, 0) is 33.9 Å². The first-order valence-corrected chi connectivity index (χ1v) is 7.27. The van der Waals surface area contributed by atoms with E-state index >= 15 is 0 Å². The van der Waals surface area contributed by atoms with Gasteiger partial charge in [0.25, 0.3) is 0 Å². The van der Waals surface area contributed by atoms with Crippen LogP contribution < -0.4 is 4.72 Å². The highest BCUT2D eigenvalue weighted by Crippen LogP contribution is 1.98. The Morgan fingerprint density at radius 1 is 1.33 bits per heavy atom. The topological polar surface area (TPSA) is 49.4 Å². The summed E-state index contributed by atoms with van der Waals surface area (Å²) in [5, 5.41) is 0. The fourth-order valence-electron chi connectivity index (χ4n) is 1.34. The minimum Gasteiger partial charge on any atom is -0.308 e. The maximum absolute atomic E-state index is 11.5. The summed E-state index contributed by atoms with van der Waals surface area (Å²) < 4.78 is 25.7. The molecule has 92 valence electrons. The van der Waals surface area contributed by atoms with Crippen LogP contribution in [-0.4, -0.2) is 51.6 Å². The Balaban J connectivity index is 3.91. The molecule has 0 saturated heterocycles. The van der Waals surface area contributed by atoms with Gasteiger partial charge in [0.1, 0.15) is 0 Å². The van der Waals surface area contributed by atoms with Crippen LogP contribution in [0.3, 0.4) is 0 Å². The summed E-state index contributed by atoms with van der Waals surface area (Å²) in [6.45, 7) is 2.56. The zero-order chi connectivity index (χ0) is 11.9. The summed E-state index contributed by atoms with van der Waals surface area (Å²) >= 11 is 5.48. The molecule has 1 unspecified atom stereocenters.